The number of hydrogen-bond donors (Lipinski definition) is 1. The van der Waals surface area contributed by atoms with Crippen LogP contribution in [0, 0.1) is 0 Å². The molecule has 0 unspecified atom stereocenters. The number of nitrogens with zero attached hydrogens (tertiary/aromatic N) is 1. The van der Waals surface area contributed by atoms with Crippen LogP contribution in [-0.4, -0.2) is 36.9 Å². The Balaban J connectivity index is 2.77. The number of rotatable bonds is 4. The van der Waals surface area contributed by atoms with Gasteiger partial charge in [0.1, 0.15) is 4.60 Å². The van der Waals surface area contributed by atoms with Gasteiger partial charge in [-0.3, -0.25) is 4.79 Å². The van der Waals surface area contributed by atoms with E-state index in [-0.39, 0.29) is 12.5 Å². The standard InChI is InChI=1S/C11H15BrN2O3S/c1-11(2,18(3,16)17)7-14-10(15)8-5-4-6-13-9(8)12/h4-6H,7H2,1-3H3,(H,14,15). The van der Waals surface area contributed by atoms with Gasteiger partial charge in [-0.1, -0.05) is 0 Å². The first-order chi connectivity index (χ1) is 8.15. The lowest BCUT2D eigenvalue weighted by atomic mass is 10.2. The van der Waals surface area contributed by atoms with Crippen molar-refractivity contribution in [1.82, 2.24) is 10.3 Å². The van der Waals surface area contributed by atoms with Gasteiger partial charge in [0, 0.05) is 19.0 Å². The molecule has 7 heteroatoms. The van der Waals surface area contributed by atoms with Crippen LogP contribution in [0.1, 0.15) is 24.2 Å². The zero-order chi connectivity index (χ0) is 14.0. The van der Waals surface area contributed by atoms with Crippen LogP contribution in [0.2, 0.25) is 0 Å². The van der Waals surface area contributed by atoms with Crippen LogP contribution in [0.15, 0.2) is 22.9 Å². The van der Waals surface area contributed by atoms with E-state index in [1.807, 2.05) is 0 Å². The van der Waals surface area contributed by atoms with E-state index in [0.717, 1.165) is 6.26 Å². The van der Waals surface area contributed by atoms with E-state index < -0.39 is 14.6 Å². The summed E-state index contributed by atoms with van der Waals surface area (Å²) in [5.74, 6) is -0.355. The Morgan fingerprint density at radius 3 is 2.61 bits per heavy atom. The molecule has 0 fully saturated rings. The molecular formula is C11H15BrN2O3S. The van der Waals surface area contributed by atoms with Crippen molar-refractivity contribution < 1.29 is 13.2 Å². The first-order valence-electron chi connectivity index (χ1n) is 5.23. The lowest BCUT2D eigenvalue weighted by Gasteiger charge is -2.22. The Morgan fingerprint density at radius 1 is 1.50 bits per heavy atom. The van der Waals surface area contributed by atoms with Gasteiger partial charge in [-0.15, -0.1) is 0 Å². The largest absolute Gasteiger partial charge is 0.350 e. The maximum absolute atomic E-state index is 11.9. The molecule has 0 aliphatic heterocycles. The van der Waals surface area contributed by atoms with E-state index in [9.17, 15) is 13.2 Å². The van der Waals surface area contributed by atoms with E-state index in [2.05, 4.69) is 26.2 Å². The van der Waals surface area contributed by atoms with Crippen LogP contribution in [0.4, 0.5) is 0 Å². The van der Waals surface area contributed by atoms with E-state index >= 15 is 0 Å². The number of aromatic nitrogens is 1. The molecule has 0 aliphatic carbocycles. The lowest BCUT2D eigenvalue weighted by molar-refractivity contribution is 0.0949. The molecular weight excluding hydrogens is 320 g/mol. The molecule has 100 valence electrons. The number of pyridine rings is 1. The quantitative estimate of drug-likeness (QED) is 0.844. The van der Waals surface area contributed by atoms with E-state index in [1.165, 1.54) is 0 Å². The van der Waals surface area contributed by atoms with Crippen molar-refractivity contribution in [3.63, 3.8) is 0 Å². The Labute approximate surface area is 115 Å². The first-order valence-corrected chi connectivity index (χ1v) is 7.92. The highest BCUT2D eigenvalue weighted by Crippen LogP contribution is 2.15. The Bertz CT molecular complexity index is 555. The summed E-state index contributed by atoms with van der Waals surface area (Å²) in [6.07, 6.45) is 2.71. The van der Waals surface area contributed by atoms with E-state index in [1.54, 1.807) is 32.2 Å². The summed E-state index contributed by atoms with van der Waals surface area (Å²) >= 11 is 3.17. The maximum Gasteiger partial charge on any atom is 0.254 e. The molecule has 1 aromatic heterocycles. The van der Waals surface area contributed by atoms with Crippen molar-refractivity contribution >= 4 is 31.7 Å². The van der Waals surface area contributed by atoms with Gasteiger partial charge in [-0.05, 0) is 41.9 Å². The van der Waals surface area contributed by atoms with Crippen LogP contribution >= 0.6 is 15.9 Å². The summed E-state index contributed by atoms with van der Waals surface area (Å²) in [6.45, 7) is 3.19. The molecule has 0 radical (unpaired) electrons. The number of halogens is 1. The Kier molecular flexibility index (Phi) is 4.50. The topological polar surface area (TPSA) is 76.1 Å². The fourth-order valence-corrected chi connectivity index (χ4v) is 1.84. The molecule has 0 saturated carbocycles. The van der Waals surface area contributed by atoms with Crippen LogP contribution in [0.3, 0.4) is 0 Å². The second-order valence-corrected chi connectivity index (χ2v) is 7.96. The van der Waals surface area contributed by atoms with Crippen LogP contribution in [0.5, 0.6) is 0 Å². The third kappa shape index (κ3) is 3.52. The predicted octanol–water partition coefficient (Wildman–Crippen LogP) is 1.40. The van der Waals surface area contributed by atoms with Gasteiger partial charge in [0.25, 0.3) is 5.91 Å². The first kappa shape index (κ1) is 15.1. The normalized spacial score (nSPS) is 12.2. The number of amides is 1. The fourth-order valence-electron chi connectivity index (χ4n) is 1.07. The van der Waals surface area contributed by atoms with Crippen molar-refractivity contribution in [2.75, 3.05) is 12.8 Å². The predicted molar refractivity (Wildman–Crippen MR) is 73.2 cm³/mol. The van der Waals surface area contributed by atoms with Crippen molar-refractivity contribution in [3.8, 4) is 0 Å². The molecule has 0 aliphatic rings. The van der Waals surface area contributed by atoms with Gasteiger partial charge >= 0.3 is 0 Å². The summed E-state index contributed by atoms with van der Waals surface area (Å²) < 4.78 is 22.4. The third-order valence-corrected chi connectivity index (χ3v) is 5.47. The molecule has 0 spiro atoms. The average molecular weight is 335 g/mol. The summed E-state index contributed by atoms with van der Waals surface area (Å²) in [4.78, 5) is 15.8. The Hall–Kier alpha value is -0.950. The van der Waals surface area contributed by atoms with Gasteiger partial charge in [0.15, 0.2) is 9.84 Å². The molecule has 1 rings (SSSR count). The van der Waals surface area contributed by atoms with Crippen LogP contribution in [0.25, 0.3) is 0 Å². The highest BCUT2D eigenvalue weighted by Gasteiger charge is 2.30. The van der Waals surface area contributed by atoms with Gasteiger partial charge in [-0.25, -0.2) is 13.4 Å². The lowest BCUT2D eigenvalue weighted by Crippen LogP contribution is -2.43. The maximum atomic E-state index is 11.9. The molecule has 0 atom stereocenters. The molecule has 0 aromatic carbocycles. The van der Waals surface area contributed by atoms with Crippen molar-refractivity contribution in [3.05, 3.63) is 28.5 Å². The molecule has 5 nitrogen and oxygen atoms in total. The summed E-state index contributed by atoms with van der Waals surface area (Å²) in [5, 5.41) is 2.60. The Morgan fingerprint density at radius 2 is 2.11 bits per heavy atom. The number of hydrogen-bond acceptors (Lipinski definition) is 4. The highest BCUT2D eigenvalue weighted by molar-refractivity contribution is 9.10. The average Bonchev–Trinajstić information content (AvgIpc) is 2.25. The zero-order valence-corrected chi connectivity index (χ0v) is 12.8. The number of carbonyl (C=O) groups excluding carboxylic acids is 1. The molecule has 0 bridgehead atoms. The van der Waals surface area contributed by atoms with Gasteiger partial charge in [-0.2, -0.15) is 0 Å². The van der Waals surface area contributed by atoms with E-state index in [0.29, 0.717) is 10.2 Å². The minimum Gasteiger partial charge on any atom is -0.350 e. The number of nitrogens with one attached hydrogen (secondary N) is 1. The van der Waals surface area contributed by atoms with Crippen molar-refractivity contribution in [1.29, 1.82) is 0 Å². The summed E-state index contributed by atoms with van der Waals surface area (Å²) in [7, 11) is -3.23. The highest BCUT2D eigenvalue weighted by atomic mass is 79.9. The van der Waals surface area contributed by atoms with Crippen LogP contribution in [-0.2, 0) is 9.84 Å². The van der Waals surface area contributed by atoms with Gasteiger partial charge < -0.3 is 5.32 Å². The monoisotopic (exact) mass is 334 g/mol. The second-order valence-electron chi connectivity index (χ2n) is 4.56. The van der Waals surface area contributed by atoms with Crippen molar-refractivity contribution in [2.24, 2.45) is 0 Å². The molecule has 18 heavy (non-hydrogen) atoms. The summed E-state index contributed by atoms with van der Waals surface area (Å²) in [6, 6.07) is 3.25. The molecule has 1 heterocycles. The minimum absolute atomic E-state index is 0.0476. The van der Waals surface area contributed by atoms with E-state index in [4.69, 9.17) is 0 Å². The van der Waals surface area contributed by atoms with Gasteiger partial charge in [0.05, 0.1) is 10.3 Å². The van der Waals surface area contributed by atoms with Gasteiger partial charge in [0.2, 0.25) is 0 Å². The molecule has 1 amide bonds. The zero-order valence-electron chi connectivity index (χ0n) is 10.4. The second kappa shape index (κ2) is 5.36. The molecule has 0 saturated heterocycles. The van der Waals surface area contributed by atoms with Crippen LogP contribution < -0.4 is 5.32 Å². The summed E-state index contributed by atoms with van der Waals surface area (Å²) in [5.41, 5.74) is 0.377. The minimum atomic E-state index is -3.23. The molecule has 1 aromatic rings. The van der Waals surface area contributed by atoms with Crippen molar-refractivity contribution in [2.45, 2.75) is 18.6 Å². The number of carbonyl (C=O) groups is 1. The third-order valence-electron chi connectivity index (χ3n) is 2.68. The molecule has 1 N–H and O–H groups in total. The number of sulfone groups is 1. The smallest absolute Gasteiger partial charge is 0.254 e. The SMILES string of the molecule is CC(C)(CNC(=O)c1cccnc1Br)S(C)(=O)=O. The fraction of sp³-hybridized carbons (Fsp3) is 0.455.